The number of ether oxygens (including phenoxy) is 1. The van der Waals surface area contributed by atoms with Gasteiger partial charge in [0, 0.05) is 18.3 Å². The van der Waals surface area contributed by atoms with Gasteiger partial charge in [0.25, 0.3) is 0 Å². The molecule has 0 aromatic carbocycles. The number of carboxylic acid groups (broad SMARTS) is 1. The van der Waals surface area contributed by atoms with Gasteiger partial charge >= 0.3 is 12.0 Å². The third-order valence-electron chi connectivity index (χ3n) is 2.00. The Hall–Kier alpha value is -0.950. The van der Waals surface area contributed by atoms with E-state index < -0.39 is 5.97 Å². The molecule has 0 aliphatic carbocycles. The van der Waals surface area contributed by atoms with Crippen molar-refractivity contribution in [2.24, 2.45) is 0 Å². The van der Waals surface area contributed by atoms with Crippen molar-refractivity contribution in [1.82, 2.24) is 10.6 Å². The lowest BCUT2D eigenvalue weighted by molar-refractivity contribution is -0.142. The first kappa shape index (κ1) is 16.1. The third kappa shape index (κ3) is 11.3. The summed E-state index contributed by atoms with van der Waals surface area (Å²) < 4.78 is 4.76. The van der Waals surface area contributed by atoms with Crippen LogP contribution in [-0.2, 0) is 9.53 Å². The van der Waals surface area contributed by atoms with E-state index in [-0.39, 0.29) is 19.2 Å². The molecule has 0 aromatic rings. The highest BCUT2D eigenvalue weighted by atomic mass is 32.2. The van der Waals surface area contributed by atoms with Crippen molar-refractivity contribution >= 4 is 23.8 Å². The van der Waals surface area contributed by atoms with Crippen LogP contribution in [0.3, 0.4) is 0 Å². The SMILES string of the molecule is CSC(C)CCNC(=O)NCCOCC(=O)O. The first-order chi connectivity index (χ1) is 8.06. The average Bonchev–Trinajstić information content (AvgIpc) is 2.27. The second-order valence-corrected chi connectivity index (χ2v) is 4.74. The van der Waals surface area contributed by atoms with E-state index in [1.807, 2.05) is 6.26 Å². The number of rotatable bonds is 9. The Kier molecular flexibility index (Phi) is 9.65. The number of amides is 2. The van der Waals surface area contributed by atoms with Crippen LogP contribution in [-0.4, -0.2) is 54.9 Å². The number of hydrogen-bond acceptors (Lipinski definition) is 4. The molecule has 7 heteroatoms. The molecule has 0 aromatic heterocycles. The fourth-order valence-corrected chi connectivity index (χ4v) is 1.32. The summed E-state index contributed by atoms with van der Waals surface area (Å²) in [7, 11) is 0. The minimum Gasteiger partial charge on any atom is -0.480 e. The highest BCUT2D eigenvalue weighted by Crippen LogP contribution is 2.07. The second kappa shape index (κ2) is 10.2. The van der Waals surface area contributed by atoms with Gasteiger partial charge < -0.3 is 20.5 Å². The molecule has 6 nitrogen and oxygen atoms in total. The zero-order chi connectivity index (χ0) is 13.1. The Labute approximate surface area is 105 Å². The molecular weight excluding hydrogens is 244 g/mol. The Morgan fingerprint density at radius 2 is 2.00 bits per heavy atom. The van der Waals surface area contributed by atoms with Crippen LogP contribution in [0.1, 0.15) is 13.3 Å². The molecule has 100 valence electrons. The summed E-state index contributed by atoms with van der Waals surface area (Å²) in [5.41, 5.74) is 0. The van der Waals surface area contributed by atoms with Gasteiger partial charge in [-0.2, -0.15) is 11.8 Å². The maximum absolute atomic E-state index is 11.2. The number of aliphatic carboxylic acids is 1. The molecule has 0 saturated heterocycles. The van der Waals surface area contributed by atoms with Gasteiger partial charge in [-0.15, -0.1) is 0 Å². The van der Waals surface area contributed by atoms with Crippen molar-refractivity contribution in [3.8, 4) is 0 Å². The van der Waals surface area contributed by atoms with Gasteiger partial charge in [0.1, 0.15) is 6.61 Å². The lowest BCUT2D eigenvalue weighted by atomic mass is 10.3. The minimum absolute atomic E-state index is 0.195. The summed E-state index contributed by atoms with van der Waals surface area (Å²) in [6.45, 7) is 2.89. The Bertz CT molecular complexity index is 238. The van der Waals surface area contributed by atoms with Gasteiger partial charge in [-0.3, -0.25) is 0 Å². The molecule has 0 bridgehead atoms. The van der Waals surface area contributed by atoms with Crippen LogP contribution in [0.2, 0.25) is 0 Å². The molecule has 0 rings (SSSR count). The van der Waals surface area contributed by atoms with Crippen molar-refractivity contribution in [1.29, 1.82) is 0 Å². The normalized spacial score (nSPS) is 11.9. The number of hydrogen-bond donors (Lipinski definition) is 3. The monoisotopic (exact) mass is 264 g/mol. The summed E-state index contributed by atoms with van der Waals surface area (Å²) in [6.07, 6.45) is 2.95. The zero-order valence-corrected chi connectivity index (χ0v) is 11.0. The van der Waals surface area contributed by atoms with Gasteiger partial charge in [0.2, 0.25) is 0 Å². The van der Waals surface area contributed by atoms with Gasteiger partial charge in [-0.1, -0.05) is 6.92 Å². The first-order valence-corrected chi connectivity index (χ1v) is 6.69. The molecule has 0 spiro atoms. The van der Waals surface area contributed by atoms with Crippen molar-refractivity contribution in [3.63, 3.8) is 0 Å². The smallest absolute Gasteiger partial charge is 0.329 e. The van der Waals surface area contributed by atoms with E-state index in [9.17, 15) is 9.59 Å². The Morgan fingerprint density at radius 3 is 2.59 bits per heavy atom. The second-order valence-electron chi connectivity index (χ2n) is 3.46. The molecule has 0 fully saturated rings. The van der Waals surface area contributed by atoms with E-state index in [0.29, 0.717) is 18.3 Å². The number of carbonyl (C=O) groups excluding carboxylic acids is 1. The summed E-state index contributed by atoms with van der Waals surface area (Å²) in [5, 5.41) is 14.1. The summed E-state index contributed by atoms with van der Waals surface area (Å²) in [6, 6.07) is -0.253. The fourth-order valence-electron chi connectivity index (χ4n) is 0.966. The van der Waals surface area contributed by atoms with Crippen LogP contribution in [0.25, 0.3) is 0 Å². The number of nitrogens with one attached hydrogen (secondary N) is 2. The summed E-state index contributed by atoms with van der Waals surface area (Å²) in [4.78, 5) is 21.3. The highest BCUT2D eigenvalue weighted by Gasteiger charge is 2.02. The summed E-state index contributed by atoms with van der Waals surface area (Å²) >= 11 is 1.76. The van der Waals surface area contributed by atoms with Gasteiger partial charge in [-0.25, -0.2) is 9.59 Å². The number of thioether (sulfide) groups is 1. The van der Waals surface area contributed by atoms with Gasteiger partial charge in [-0.05, 0) is 12.7 Å². The largest absolute Gasteiger partial charge is 0.480 e. The summed E-state index contributed by atoms with van der Waals surface area (Å²) in [5.74, 6) is -1.01. The third-order valence-corrected chi connectivity index (χ3v) is 3.04. The van der Waals surface area contributed by atoms with E-state index in [0.717, 1.165) is 6.42 Å². The molecule has 3 N–H and O–H groups in total. The quantitative estimate of drug-likeness (QED) is 0.529. The highest BCUT2D eigenvalue weighted by molar-refractivity contribution is 7.99. The lowest BCUT2D eigenvalue weighted by Crippen LogP contribution is -2.38. The average molecular weight is 264 g/mol. The van der Waals surface area contributed by atoms with E-state index in [4.69, 9.17) is 9.84 Å². The molecule has 0 aliphatic rings. The van der Waals surface area contributed by atoms with Crippen LogP contribution in [0, 0.1) is 0 Å². The topological polar surface area (TPSA) is 87.7 Å². The van der Waals surface area contributed by atoms with E-state index >= 15 is 0 Å². The molecular formula is C10H20N2O4S. The van der Waals surface area contributed by atoms with E-state index in [2.05, 4.69) is 17.6 Å². The molecule has 17 heavy (non-hydrogen) atoms. The Balaban J connectivity index is 3.32. The first-order valence-electron chi connectivity index (χ1n) is 5.40. The van der Waals surface area contributed by atoms with Crippen molar-refractivity contribution in [3.05, 3.63) is 0 Å². The standard InChI is InChI=1S/C10H20N2O4S/c1-8(17-2)3-4-11-10(15)12-5-6-16-7-9(13)14/h8H,3-7H2,1-2H3,(H,13,14)(H2,11,12,15). The lowest BCUT2D eigenvalue weighted by Gasteiger charge is -2.10. The van der Waals surface area contributed by atoms with Crippen LogP contribution >= 0.6 is 11.8 Å². The molecule has 0 heterocycles. The van der Waals surface area contributed by atoms with Crippen molar-refractivity contribution < 1.29 is 19.4 Å². The predicted molar refractivity (Wildman–Crippen MR) is 67.5 cm³/mol. The fraction of sp³-hybridized carbons (Fsp3) is 0.800. The number of carboxylic acids is 1. The predicted octanol–water partition coefficient (Wildman–Crippen LogP) is 0.528. The molecule has 0 aliphatic heterocycles. The van der Waals surface area contributed by atoms with Gasteiger partial charge in [0.15, 0.2) is 0 Å². The number of carbonyl (C=O) groups is 2. The van der Waals surface area contributed by atoms with Crippen LogP contribution in [0.15, 0.2) is 0 Å². The minimum atomic E-state index is -1.01. The van der Waals surface area contributed by atoms with Crippen molar-refractivity contribution in [2.45, 2.75) is 18.6 Å². The molecule has 1 unspecified atom stereocenters. The van der Waals surface area contributed by atoms with E-state index in [1.165, 1.54) is 0 Å². The molecule has 0 radical (unpaired) electrons. The van der Waals surface area contributed by atoms with Crippen LogP contribution in [0.5, 0.6) is 0 Å². The van der Waals surface area contributed by atoms with E-state index in [1.54, 1.807) is 11.8 Å². The molecule has 0 saturated carbocycles. The van der Waals surface area contributed by atoms with Gasteiger partial charge in [0.05, 0.1) is 6.61 Å². The maximum Gasteiger partial charge on any atom is 0.329 e. The van der Waals surface area contributed by atoms with Crippen LogP contribution in [0.4, 0.5) is 4.79 Å². The molecule has 1 atom stereocenters. The number of urea groups is 1. The Morgan fingerprint density at radius 1 is 1.35 bits per heavy atom. The van der Waals surface area contributed by atoms with Crippen molar-refractivity contribution in [2.75, 3.05) is 32.6 Å². The maximum atomic E-state index is 11.2. The van der Waals surface area contributed by atoms with Crippen LogP contribution < -0.4 is 10.6 Å². The molecule has 2 amide bonds. The zero-order valence-electron chi connectivity index (χ0n) is 10.2.